The molecule has 5 nitrogen and oxygen atoms in total. The molecule has 1 aromatic heterocycles. The van der Waals surface area contributed by atoms with Crippen LogP contribution in [0.2, 0.25) is 0 Å². The third kappa shape index (κ3) is 3.28. The van der Waals surface area contributed by atoms with Crippen molar-refractivity contribution in [1.29, 1.82) is 0 Å². The molecule has 1 amide bonds. The largest absolute Gasteiger partial charge is 0.497 e. The number of methoxy groups -OCH3 is 2. The van der Waals surface area contributed by atoms with Gasteiger partial charge >= 0.3 is 0 Å². The highest BCUT2D eigenvalue weighted by Gasteiger charge is 2.17. The summed E-state index contributed by atoms with van der Waals surface area (Å²) in [4.78, 5) is 14.6. The van der Waals surface area contributed by atoms with E-state index in [0.29, 0.717) is 6.54 Å². The van der Waals surface area contributed by atoms with Crippen LogP contribution in [0, 0.1) is 0 Å². The molecule has 0 unspecified atom stereocenters. The van der Waals surface area contributed by atoms with E-state index in [1.54, 1.807) is 14.2 Å². The summed E-state index contributed by atoms with van der Waals surface area (Å²) in [5.74, 6) is 1.68. The van der Waals surface area contributed by atoms with E-state index in [2.05, 4.69) is 0 Å². The number of nitrogens with zero attached hydrogens (tertiary/aromatic N) is 2. The molecule has 1 aliphatic heterocycles. The van der Waals surface area contributed by atoms with Crippen molar-refractivity contribution < 1.29 is 14.3 Å². The Morgan fingerprint density at radius 1 is 1.09 bits per heavy atom. The summed E-state index contributed by atoms with van der Waals surface area (Å²) in [7, 11) is 3.28. The first-order valence-electron chi connectivity index (χ1n) is 8.21. The summed E-state index contributed by atoms with van der Waals surface area (Å²) >= 11 is 0. The van der Waals surface area contributed by atoms with Crippen LogP contribution in [0.25, 0.3) is 10.9 Å². The van der Waals surface area contributed by atoms with Gasteiger partial charge in [0.1, 0.15) is 18.0 Å². The van der Waals surface area contributed by atoms with E-state index in [0.717, 1.165) is 48.3 Å². The second-order valence-electron chi connectivity index (χ2n) is 6.00. The van der Waals surface area contributed by atoms with Gasteiger partial charge in [0.05, 0.1) is 19.7 Å². The summed E-state index contributed by atoms with van der Waals surface area (Å²) in [5, 5.41) is 0.997. The molecule has 1 fully saturated rings. The van der Waals surface area contributed by atoms with Crippen LogP contribution < -0.4 is 9.47 Å². The molecular formula is C18H24N2O3. The SMILES string of the molecule is COc1cc(OC)c2ccn(CC(=O)N3CCCCCC3)c2c1. The summed E-state index contributed by atoms with van der Waals surface area (Å²) in [6.07, 6.45) is 6.62. The Labute approximate surface area is 136 Å². The Balaban J connectivity index is 1.86. The maximum Gasteiger partial charge on any atom is 0.242 e. The molecule has 3 rings (SSSR count). The van der Waals surface area contributed by atoms with Gasteiger partial charge < -0.3 is 18.9 Å². The third-order valence-electron chi connectivity index (χ3n) is 4.54. The first-order valence-corrected chi connectivity index (χ1v) is 8.21. The average Bonchev–Trinajstić information content (AvgIpc) is 2.80. The maximum atomic E-state index is 12.6. The van der Waals surface area contributed by atoms with Crippen LogP contribution >= 0.6 is 0 Å². The smallest absolute Gasteiger partial charge is 0.242 e. The van der Waals surface area contributed by atoms with Crippen molar-refractivity contribution in [3.8, 4) is 11.5 Å². The van der Waals surface area contributed by atoms with Crippen LogP contribution in [0.5, 0.6) is 11.5 Å². The van der Waals surface area contributed by atoms with E-state index in [1.807, 2.05) is 33.9 Å². The second-order valence-corrected chi connectivity index (χ2v) is 6.00. The molecule has 1 aliphatic rings. The van der Waals surface area contributed by atoms with Crippen LogP contribution in [-0.4, -0.2) is 42.7 Å². The monoisotopic (exact) mass is 316 g/mol. The van der Waals surface area contributed by atoms with E-state index < -0.39 is 0 Å². The van der Waals surface area contributed by atoms with Crippen molar-refractivity contribution in [2.24, 2.45) is 0 Å². The van der Waals surface area contributed by atoms with Crippen molar-refractivity contribution in [1.82, 2.24) is 9.47 Å². The molecule has 0 radical (unpaired) electrons. The zero-order valence-electron chi connectivity index (χ0n) is 13.9. The lowest BCUT2D eigenvalue weighted by atomic mass is 10.2. The van der Waals surface area contributed by atoms with Gasteiger partial charge in [-0.2, -0.15) is 0 Å². The van der Waals surface area contributed by atoms with Gasteiger partial charge in [-0.25, -0.2) is 0 Å². The Bertz CT molecular complexity index is 685. The third-order valence-corrected chi connectivity index (χ3v) is 4.54. The van der Waals surface area contributed by atoms with Crippen LogP contribution in [0.1, 0.15) is 25.7 Å². The number of likely N-dealkylation sites (tertiary alicyclic amines) is 1. The number of aromatic nitrogens is 1. The number of hydrogen-bond acceptors (Lipinski definition) is 3. The van der Waals surface area contributed by atoms with Crippen molar-refractivity contribution in [2.75, 3.05) is 27.3 Å². The number of carbonyl (C=O) groups is 1. The van der Waals surface area contributed by atoms with Crippen LogP contribution in [0.15, 0.2) is 24.4 Å². The molecular weight excluding hydrogens is 292 g/mol. The molecule has 0 bridgehead atoms. The molecule has 1 aromatic carbocycles. The summed E-state index contributed by atoms with van der Waals surface area (Å²) in [6, 6.07) is 5.81. The van der Waals surface area contributed by atoms with Gasteiger partial charge in [-0.15, -0.1) is 0 Å². The Morgan fingerprint density at radius 3 is 2.48 bits per heavy atom. The lowest BCUT2D eigenvalue weighted by Gasteiger charge is -2.21. The summed E-state index contributed by atoms with van der Waals surface area (Å²) in [6.45, 7) is 2.12. The van der Waals surface area contributed by atoms with Crippen molar-refractivity contribution in [2.45, 2.75) is 32.2 Å². The van der Waals surface area contributed by atoms with Gasteiger partial charge in [0.15, 0.2) is 0 Å². The number of rotatable bonds is 4. The Kier molecular flexibility index (Phi) is 4.74. The fourth-order valence-corrected chi connectivity index (χ4v) is 3.23. The fourth-order valence-electron chi connectivity index (χ4n) is 3.23. The summed E-state index contributed by atoms with van der Waals surface area (Å²) < 4.78 is 12.8. The van der Waals surface area contributed by atoms with Crippen LogP contribution in [0.4, 0.5) is 0 Å². The molecule has 2 aromatic rings. The van der Waals surface area contributed by atoms with E-state index in [4.69, 9.17) is 9.47 Å². The molecule has 0 saturated carbocycles. The molecule has 23 heavy (non-hydrogen) atoms. The lowest BCUT2D eigenvalue weighted by molar-refractivity contribution is -0.131. The zero-order chi connectivity index (χ0) is 16.2. The minimum atomic E-state index is 0.186. The highest BCUT2D eigenvalue weighted by molar-refractivity contribution is 5.89. The first-order chi connectivity index (χ1) is 11.2. The van der Waals surface area contributed by atoms with Crippen molar-refractivity contribution >= 4 is 16.8 Å². The highest BCUT2D eigenvalue weighted by Crippen LogP contribution is 2.32. The first kappa shape index (κ1) is 15.7. The van der Waals surface area contributed by atoms with Gasteiger partial charge in [-0.3, -0.25) is 4.79 Å². The minimum absolute atomic E-state index is 0.186. The quantitative estimate of drug-likeness (QED) is 0.871. The molecule has 2 heterocycles. The number of ether oxygens (including phenoxy) is 2. The van der Waals surface area contributed by atoms with Gasteiger partial charge in [-0.1, -0.05) is 12.8 Å². The molecule has 5 heteroatoms. The minimum Gasteiger partial charge on any atom is -0.497 e. The Hall–Kier alpha value is -2.17. The number of fused-ring (bicyclic) bond motifs is 1. The molecule has 0 atom stereocenters. The van der Waals surface area contributed by atoms with Crippen LogP contribution in [0.3, 0.4) is 0 Å². The van der Waals surface area contributed by atoms with Crippen molar-refractivity contribution in [3.05, 3.63) is 24.4 Å². The maximum absolute atomic E-state index is 12.6. The van der Waals surface area contributed by atoms with Gasteiger partial charge in [-0.05, 0) is 18.9 Å². The number of hydrogen-bond donors (Lipinski definition) is 0. The number of benzene rings is 1. The van der Waals surface area contributed by atoms with E-state index in [9.17, 15) is 4.79 Å². The molecule has 1 saturated heterocycles. The highest BCUT2D eigenvalue weighted by atomic mass is 16.5. The topological polar surface area (TPSA) is 43.7 Å². The van der Waals surface area contributed by atoms with Gasteiger partial charge in [0, 0.05) is 36.8 Å². The van der Waals surface area contributed by atoms with E-state index >= 15 is 0 Å². The molecule has 0 aliphatic carbocycles. The lowest BCUT2D eigenvalue weighted by Crippen LogP contribution is -2.34. The Morgan fingerprint density at radius 2 is 1.83 bits per heavy atom. The van der Waals surface area contributed by atoms with Gasteiger partial charge in [0.25, 0.3) is 0 Å². The fraction of sp³-hybridized carbons (Fsp3) is 0.500. The van der Waals surface area contributed by atoms with E-state index in [-0.39, 0.29) is 5.91 Å². The normalized spacial score (nSPS) is 15.5. The number of carbonyl (C=O) groups excluding carboxylic acids is 1. The standard InChI is InChI=1S/C18H24N2O3/c1-22-14-11-16-15(17(12-14)23-2)7-10-20(16)13-18(21)19-8-5-3-4-6-9-19/h7,10-12H,3-6,8-9,13H2,1-2H3. The molecule has 124 valence electrons. The average molecular weight is 316 g/mol. The molecule has 0 N–H and O–H groups in total. The molecule has 0 spiro atoms. The summed E-state index contributed by atoms with van der Waals surface area (Å²) in [5.41, 5.74) is 0.962. The van der Waals surface area contributed by atoms with Crippen LogP contribution in [-0.2, 0) is 11.3 Å². The predicted molar refractivity (Wildman–Crippen MR) is 90.1 cm³/mol. The number of amides is 1. The van der Waals surface area contributed by atoms with E-state index in [1.165, 1.54) is 12.8 Å². The van der Waals surface area contributed by atoms with Crippen molar-refractivity contribution in [3.63, 3.8) is 0 Å². The second kappa shape index (κ2) is 6.94. The van der Waals surface area contributed by atoms with Gasteiger partial charge in [0.2, 0.25) is 5.91 Å². The predicted octanol–water partition coefficient (Wildman–Crippen LogP) is 3.06. The zero-order valence-corrected chi connectivity index (χ0v) is 13.9.